The van der Waals surface area contributed by atoms with Gasteiger partial charge in [-0.25, -0.2) is 8.42 Å². The van der Waals surface area contributed by atoms with Gasteiger partial charge in [-0.2, -0.15) is 0 Å². The van der Waals surface area contributed by atoms with Crippen molar-refractivity contribution in [1.29, 1.82) is 0 Å². The zero-order valence-corrected chi connectivity index (χ0v) is 15.1. The van der Waals surface area contributed by atoms with Crippen LogP contribution in [0.1, 0.15) is 34.1 Å². The summed E-state index contributed by atoms with van der Waals surface area (Å²) in [6, 6.07) is 15.8. The predicted octanol–water partition coefficient (Wildman–Crippen LogP) is 3.19. The SMILES string of the molecule is Cc1cc(C(=O)NC2CCS(=O)(=O)c3ccccc32)c2ccccc2n1. The molecule has 0 radical (unpaired) electrons. The van der Waals surface area contributed by atoms with Crippen molar-refractivity contribution in [1.82, 2.24) is 10.3 Å². The number of fused-ring (bicyclic) bond motifs is 2. The summed E-state index contributed by atoms with van der Waals surface area (Å²) >= 11 is 0. The van der Waals surface area contributed by atoms with Crippen LogP contribution in [-0.2, 0) is 9.84 Å². The number of benzene rings is 2. The first-order valence-electron chi connectivity index (χ1n) is 8.45. The second-order valence-electron chi connectivity index (χ2n) is 6.50. The number of nitrogens with zero attached hydrogens (tertiary/aromatic N) is 1. The van der Waals surface area contributed by atoms with E-state index in [1.54, 1.807) is 30.3 Å². The molecule has 132 valence electrons. The molecule has 26 heavy (non-hydrogen) atoms. The van der Waals surface area contributed by atoms with Crippen LogP contribution in [0, 0.1) is 6.92 Å². The first-order valence-corrected chi connectivity index (χ1v) is 10.1. The Bertz CT molecular complexity index is 1120. The lowest BCUT2D eigenvalue weighted by molar-refractivity contribution is 0.0936. The van der Waals surface area contributed by atoms with Gasteiger partial charge in [0.2, 0.25) is 0 Å². The van der Waals surface area contributed by atoms with Crippen molar-refractivity contribution in [3.05, 3.63) is 71.4 Å². The first-order chi connectivity index (χ1) is 12.5. The molecule has 1 amide bonds. The highest BCUT2D eigenvalue weighted by Gasteiger charge is 2.31. The maximum Gasteiger partial charge on any atom is 0.252 e. The van der Waals surface area contributed by atoms with Crippen molar-refractivity contribution < 1.29 is 13.2 Å². The molecule has 6 heteroatoms. The van der Waals surface area contributed by atoms with Gasteiger partial charge in [0.25, 0.3) is 5.91 Å². The second-order valence-corrected chi connectivity index (χ2v) is 8.58. The van der Waals surface area contributed by atoms with Gasteiger partial charge in [0.1, 0.15) is 0 Å². The monoisotopic (exact) mass is 366 g/mol. The van der Waals surface area contributed by atoms with Crippen molar-refractivity contribution in [2.24, 2.45) is 0 Å². The smallest absolute Gasteiger partial charge is 0.252 e. The molecule has 1 unspecified atom stereocenters. The van der Waals surface area contributed by atoms with Crippen LogP contribution >= 0.6 is 0 Å². The van der Waals surface area contributed by atoms with Crippen molar-refractivity contribution >= 4 is 26.6 Å². The lowest BCUT2D eigenvalue weighted by Gasteiger charge is -2.26. The lowest BCUT2D eigenvalue weighted by Crippen LogP contribution is -2.34. The quantitative estimate of drug-likeness (QED) is 0.756. The Morgan fingerprint density at radius 3 is 2.69 bits per heavy atom. The number of pyridine rings is 1. The van der Waals surface area contributed by atoms with E-state index in [4.69, 9.17) is 0 Å². The van der Waals surface area contributed by atoms with Gasteiger partial charge in [0, 0.05) is 11.1 Å². The van der Waals surface area contributed by atoms with Crippen molar-refractivity contribution in [2.75, 3.05) is 5.75 Å². The van der Waals surface area contributed by atoms with Crippen LogP contribution < -0.4 is 5.32 Å². The fourth-order valence-corrected chi connectivity index (χ4v) is 5.09. The highest BCUT2D eigenvalue weighted by Crippen LogP contribution is 2.32. The minimum absolute atomic E-state index is 0.0328. The van der Waals surface area contributed by atoms with E-state index < -0.39 is 9.84 Å². The van der Waals surface area contributed by atoms with E-state index in [0.29, 0.717) is 22.4 Å². The average Bonchev–Trinajstić information content (AvgIpc) is 2.63. The molecule has 0 saturated carbocycles. The molecule has 0 saturated heterocycles. The van der Waals surface area contributed by atoms with Gasteiger partial charge in [0.15, 0.2) is 9.84 Å². The van der Waals surface area contributed by atoms with Crippen LogP contribution in [-0.4, -0.2) is 25.1 Å². The third-order valence-corrected chi connectivity index (χ3v) is 6.51. The number of hydrogen-bond acceptors (Lipinski definition) is 4. The molecule has 2 aromatic carbocycles. The average molecular weight is 366 g/mol. The number of aryl methyl sites for hydroxylation is 1. The predicted molar refractivity (Wildman–Crippen MR) is 99.8 cm³/mol. The third-order valence-electron chi connectivity index (χ3n) is 4.70. The van der Waals surface area contributed by atoms with E-state index in [1.807, 2.05) is 31.2 Å². The number of sulfone groups is 1. The Labute approximate surface area is 152 Å². The molecule has 0 aliphatic carbocycles. The highest BCUT2D eigenvalue weighted by molar-refractivity contribution is 7.91. The largest absolute Gasteiger partial charge is 0.345 e. The van der Waals surface area contributed by atoms with Gasteiger partial charge in [-0.1, -0.05) is 36.4 Å². The summed E-state index contributed by atoms with van der Waals surface area (Å²) in [5.74, 6) is -0.184. The van der Waals surface area contributed by atoms with E-state index in [9.17, 15) is 13.2 Å². The summed E-state index contributed by atoms with van der Waals surface area (Å²) < 4.78 is 24.5. The molecule has 0 fully saturated rings. The number of hydrogen-bond donors (Lipinski definition) is 1. The van der Waals surface area contributed by atoms with Crippen molar-refractivity contribution in [2.45, 2.75) is 24.3 Å². The topological polar surface area (TPSA) is 76.1 Å². The highest BCUT2D eigenvalue weighted by atomic mass is 32.2. The standard InChI is InChI=1S/C20H18N2O3S/c1-13-12-16(14-6-2-4-8-17(14)21-13)20(23)22-18-10-11-26(24,25)19-9-5-3-7-15(18)19/h2-9,12,18H,10-11H2,1H3,(H,22,23). The van der Waals surface area contributed by atoms with E-state index in [1.165, 1.54) is 0 Å². The summed E-state index contributed by atoms with van der Waals surface area (Å²) in [6.07, 6.45) is 0.368. The minimum atomic E-state index is -3.28. The molecular formula is C20H18N2O3S. The van der Waals surface area contributed by atoms with Gasteiger partial charge >= 0.3 is 0 Å². The molecule has 2 heterocycles. The normalized spacial score (nSPS) is 18.3. The number of carbonyl (C=O) groups excluding carboxylic acids is 1. The molecule has 4 rings (SSSR count). The van der Waals surface area contributed by atoms with E-state index in [0.717, 1.165) is 16.6 Å². The first kappa shape index (κ1) is 16.7. The Morgan fingerprint density at radius 2 is 1.85 bits per heavy atom. The molecule has 1 aliphatic heterocycles. The number of aromatic nitrogens is 1. The van der Waals surface area contributed by atoms with Crippen LogP contribution in [0.15, 0.2) is 59.5 Å². The van der Waals surface area contributed by atoms with E-state index >= 15 is 0 Å². The summed E-state index contributed by atoms with van der Waals surface area (Å²) in [5, 5.41) is 3.80. The zero-order chi connectivity index (χ0) is 18.3. The maximum absolute atomic E-state index is 13.0. The molecule has 1 atom stereocenters. The van der Waals surface area contributed by atoms with Gasteiger partial charge in [-0.15, -0.1) is 0 Å². The molecule has 0 spiro atoms. The third kappa shape index (κ3) is 2.86. The maximum atomic E-state index is 13.0. The Kier molecular flexibility index (Phi) is 4.00. The number of para-hydroxylation sites is 1. The Balaban J connectivity index is 1.72. The van der Waals surface area contributed by atoms with Gasteiger partial charge in [0.05, 0.1) is 27.8 Å². The van der Waals surface area contributed by atoms with Crippen molar-refractivity contribution in [3.8, 4) is 0 Å². The number of amides is 1. The number of carbonyl (C=O) groups is 1. The fraction of sp³-hybridized carbons (Fsp3) is 0.200. The number of rotatable bonds is 2. The van der Waals surface area contributed by atoms with E-state index in [-0.39, 0.29) is 17.7 Å². The summed E-state index contributed by atoms with van der Waals surface area (Å²) in [7, 11) is -3.28. The second kappa shape index (κ2) is 6.21. The lowest BCUT2D eigenvalue weighted by atomic mass is 10.0. The molecule has 3 aromatic rings. The van der Waals surface area contributed by atoms with Crippen LogP contribution in [0.3, 0.4) is 0 Å². The molecule has 1 N–H and O–H groups in total. The van der Waals surface area contributed by atoms with Crippen LogP contribution in [0.4, 0.5) is 0 Å². The molecule has 1 aromatic heterocycles. The summed E-state index contributed by atoms with van der Waals surface area (Å²) in [5.41, 5.74) is 2.74. The fourth-order valence-electron chi connectivity index (χ4n) is 3.47. The van der Waals surface area contributed by atoms with Crippen molar-refractivity contribution in [3.63, 3.8) is 0 Å². The summed E-state index contributed by atoms with van der Waals surface area (Å²) in [4.78, 5) is 17.7. The Morgan fingerprint density at radius 1 is 1.12 bits per heavy atom. The minimum Gasteiger partial charge on any atom is -0.345 e. The molecular weight excluding hydrogens is 348 g/mol. The van der Waals surface area contributed by atoms with Crippen LogP contribution in [0.25, 0.3) is 10.9 Å². The van der Waals surface area contributed by atoms with Gasteiger partial charge in [-0.3, -0.25) is 9.78 Å². The van der Waals surface area contributed by atoms with E-state index in [2.05, 4.69) is 10.3 Å². The molecule has 5 nitrogen and oxygen atoms in total. The number of nitrogens with one attached hydrogen (secondary N) is 1. The van der Waals surface area contributed by atoms with Crippen LogP contribution in [0.2, 0.25) is 0 Å². The molecule has 1 aliphatic rings. The molecule has 0 bridgehead atoms. The zero-order valence-electron chi connectivity index (χ0n) is 14.3. The summed E-state index contributed by atoms with van der Waals surface area (Å²) in [6.45, 7) is 1.85. The van der Waals surface area contributed by atoms with Gasteiger partial charge in [-0.05, 0) is 37.1 Å². The Hall–Kier alpha value is -2.73. The van der Waals surface area contributed by atoms with Crippen LogP contribution in [0.5, 0.6) is 0 Å². The van der Waals surface area contributed by atoms with Gasteiger partial charge < -0.3 is 5.32 Å².